The summed E-state index contributed by atoms with van der Waals surface area (Å²) in [5, 5.41) is 4.32. The summed E-state index contributed by atoms with van der Waals surface area (Å²) >= 11 is 0. The summed E-state index contributed by atoms with van der Waals surface area (Å²) in [6.45, 7) is 0. The minimum absolute atomic E-state index is 0.782. The number of hydrogen-bond acceptors (Lipinski definition) is 3. The number of aromatic amines is 1. The third-order valence-corrected chi connectivity index (χ3v) is 3.54. The van der Waals surface area contributed by atoms with Gasteiger partial charge in [-0.05, 0) is 29.8 Å². The molecule has 4 heteroatoms. The fourth-order valence-electron chi connectivity index (χ4n) is 2.48. The normalized spacial score (nSPS) is 10.7. The molecule has 106 valence electrons. The number of H-pyrrole nitrogens is 1. The van der Waals surface area contributed by atoms with Crippen molar-refractivity contribution >= 4 is 22.5 Å². The third kappa shape index (κ3) is 2.31. The third-order valence-electron chi connectivity index (χ3n) is 3.54. The minimum atomic E-state index is 0.782. The molecule has 1 aromatic carbocycles. The molecule has 0 bridgehead atoms. The van der Waals surface area contributed by atoms with Crippen LogP contribution in [0.2, 0.25) is 0 Å². The van der Waals surface area contributed by atoms with Crippen molar-refractivity contribution < 1.29 is 0 Å². The van der Waals surface area contributed by atoms with Crippen LogP contribution in [0.25, 0.3) is 22.2 Å². The molecule has 0 saturated heterocycles. The molecule has 4 nitrogen and oxygen atoms in total. The van der Waals surface area contributed by atoms with Gasteiger partial charge in [0.1, 0.15) is 11.6 Å². The zero-order valence-corrected chi connectivity index (χ0v) is 11.8. The van der Waals surface area contributed by atoms with Gasteiger partial charge in [-0.1, -0.05) is 36.4 Å². The van der Waals surface area contributed by atoms with Crippen molar-refractivity contribution in [1.29, 1.82) is 0 Å². The number of aromatic nitrogens is 3. The molecule has 4 rings (SSSR count). The Kier molecular flexibility index (Phi) is 3.05. The molecule has 0 aliphatic carbocycles. The molecule has 0 unspecified atom stereocenters. The Labute approximate surface area is 127 Å². The van der Waals surface area contributed by atoms with Gasteiger partial charge in [-0.15, -0.1) is 0 Å². The van der Waals surface area contributed by atoms with Gasteiger partial charge in [0.2, 0.25) is 0 Å². The van der Waals surface area contributed by atoms with Crippen molar-refractivity contribution in [1.82, 2.24) is 15.0 Å². The van der Waals surface area contributed by atoms with E-state index in [0.29, 0.717) is 0 Å². The van der Waals surface area contributed by atoms with Crippen molar-refractivity contribution in [2.24, 2.45) is 0 Å². The van der Waals surface area contributed by atoms with E-state index >= 15 is 0 Å². The molecule has 0 amide bonds. The highest BCUT2D eigenvalue weighted by molar-refractivity contribution is 5.94. The first kappa shape index (κ1) is 12.6. The molecule has 3 aromatic heterocycles. The Morgan fingerprint density at radius 2 is 1.68 bits per heavy atom. The molecule has 0 radical (unpaired) electrons. The highest BCUT2D eigenvalue weighted by Crippen LogP contribution is 2.28. The Hall–Kier alpha value is -3.14. The highest BCUT2D eigenvalue weighted by Gasteiger charge is 2.08. The topological polar surface area (TPSA) is 53.6 Å². The second-order valence-corrected chi connectivity index (χ2v) is 5.01. The number of nitrogens with zero attached hydrogens (tertiary/aromatic N) is 2. The SMILES string of the molecule is c1ccc(-c2cc3c(Nc4ccccn4)nccc3[nH]2)cc1. The fourth-order valence-corrected chi connectivity index (χ4v) is 2.48. The number of nitrogens with one attached hydrogen (secondary N) is 2. The van der Waals surface area contributed by atoms with Crippen molar-refractivity contribution in [2.75, 3.05) is 5.32 Å². The van der Waals surface area contributed by atoms with Crippen LogP contribution in [-0.2, 0) is 0 Å². The van der Waals surface area contributed by atoms with Crippen LogP contribution < -0.4 is 5.32 Å². The fraction of sp³-hybridized carbons (Fsp3) is 0. The molecule has 3 heterocycles. The van der Waals surface area contributed by atoms with Gasteiger partial charge in [-0.3, -0.25) is 0 Å². The van der Waals surface area contributed by atoms with Crippen molar-refractivity contribution in [3.05, 3.63) is 73.1 Å². The second kappa shape index (κ2) is 5.33. The van der Waals surface area contributed by atoms with Gasteiger partial charge in [0.05, 0.1) is 5.52 Å². The summed E-state index contributed by atoms with van der Waals surface area (Å²) in [5.74, 6) is 1.58. The van der Waals surface area contributed by atoms with Gasteiger partial charge in [-0.25, -0.2) is 9.97 Å². The Morgan fingerprint density at radius 3 is 2.50 bits per heavy atom. The molecular weight excluding hydrogens is 272 g/mol. The average Bonchev–Trinajstić information content (AvgIpc) is 3.02. The summed E-state index contributed by atoms with van der Waals surface area (Å²) in [7, 11) is 0. The van der Waals surface area contributed by atoms with Crippen LogP contribution in [-0.4, -0.2) is 15.0 Å². The molecule has 2 N–H and O–H groups in total. The van der Waals surface area contributed by atoms with Gasteiger partial charge in [0.15, 0.2) is 0 Å². The maximum absolute atomic E-state index is 4.44. The quantitative estimate of drug-likeness (QED) is 0.588. The Balaban J connectivity index is 1.78. The molecule has 0 atom stereocenters. The van der Waals surface area contributed by atoms with E-state index in [2.05, 4.69) is 38.5 Å². The van der Waals surface area contributed by atoms with E-state index in [9.17, 15) is 0 Å². The zero-order valence-electron chi connectivity index (χ0n) is 11.8. The smallest absolute Gasteiger partial charge is 0.140 e. The van der Waals surface area contributed by atoms with E-state index in [1.54, 1.807) is 12.4 Å². The van der Waals surface area contributed by atoms with E-state index in [1.807, 2.05) is 42.5 Å². The maximum atomic E-state index is 4.44. The molecule has 0 aliphatic heterocycles. The molecule has 0 spiro atoms. The summed E-state index contributed by atoms with van der Waals surface area (Å²) in [4.78, 5) is 12.2. The maximum Gasteiger partial charge on any atom is 0.140 e. The number of rotatable bonds is 3. The van der Waals surface area contributed by atoms with Gasteiger partial charge < -0.3 is 10.3 Å². The average molecular weight is 286 g/mol. The lowest BCUT2D eigenvalue weighted by atomic mass is 10.1. The standard InChI is InChI=1S/C18H14N4/c1-2-6-13(7-3-1)16-12-14-15(21-16)9-11-20-18(14)22-17-8-4-5-10-19-17/h1-12,21H,(H,19,20,22). The van der Waals surface area contributed by atoms with E-state index in [-0.39, 0.29) is 0 Å². The van der Waals surface area contributed by atoms with E-state index < -0.39 is 0 Å². The number of benzene rings is 1. The molecule has 0 aliphatic rings. The molecule has 0 saturated carbocycles. The first-order valence-electron chi connectivity index (χ1n) is 7.11. The van der Waals surface area contributed by atoms with Crippen LogP contribution >= 0.6 is 0 Å². The molecule has 0 fully saturated rings. The molecule has 22 heavy (non-hydrogen) atoms. The van der Waals surface area contributed by atoms with Crippen LogP contribution in [0.3, 0.4) is 0 Å². The lowest BCUT2D eigenvalue weighted by molar-refractivity contribution is 1.27. The highest BCUT2D eigenvalue weighted by atomic mass is 15.1. The number of pyridine rings is 2. The van der Waals surface area contributed by atoms with Gasteiger partial charge in [-0.2, -0.15) is 0 Å². The summed E-state index contributed by atoms with van der Waals surface area (Å²) in [6.07, 6.45) is 3.55. The Morgan fingerprint density at radius 1 is 0.818 bits per heavy atom. The van der Waals surface area contributed by atoms with Crippen LogP contribution in [0.1, 0.15) is 0 Å². The Bertz CT molecular complexity index is 898. The van der Waals surface area contributed by atoms with Crippen molar-refractivity contribution in [3.63, 3.8) is 0 Å². The largest absolute Gasteiger partial charge is 0.354 e. The van der Waals surface area contributed by atoms with Crippen molar-refractivity contribution in [3.8, 4) is 11.3 Å². The van der Waals surface area contributed by atoms with Crippen LogP contribution in [0.15, 0.2) is 73.1 Å². The predicted molar refractivity (Wildman–Crippen MR) is 89.0 cm³/mol. The van der Waals surface area contributed by atoms with E-state index in [1.165, 1.54) is 0 Å². The van der Waals surface area contributed by atoms with Crippen LogP contribution in [0, 0.1) is 0 Å². The van der Waals surface area contributed by atoms with Crippen molar-refractivity contribution in [2.45, 2.75) is 0 Å². The zero-order chi connectivity index (χ0) is 14.8. The number of fused-ring (bicyclic) bond motifs is 1. The number of hydrogen-bond donors (Lipinski definition) is 2. The van der Waals surface area contributed by atoms with E-state index in [0.717, 1.165) is 33.8 Å². The predicted octanol–water partition coefficient (Wildman–Crippen LogP) is 4.37. The van der Waals surface area contributed by atoms with Crippen LogP contribution in [0.4, 0.5) is 11.6 Å². The van der Waals surface area contributed by atoms with Gasteiger partial charge in [0, 0.05) is 23.5 Å². The van der Waals surface area contributed by atoms with Gasteiger partial charge >= 0.3 is 0 Å². The van der Waals surface area contributed by atoms with Gasteiger partial charge in [0.25, 0.3) is 0 Å². The molecular formula is C18H14N4. The summed E-state index contributed by atoms with van der Waals surface area (Å²) in [6, 6.07) is 20.1. The lowest BCUT2D eigenvalue weighted by Crippen LogP contribution is -1.95. The lowest BCUT2D eigenvalue weighted by Gasteiger charge is -2.04. The minimum Gasteiger partial charge on any atom is -0.354 e. The number of anilines is 2. The molecule has 4 aromatic rings. The monoisotopic (exact) mass is 286 g/mol. The second-order valence-electron chi connectivity index (χ2n) is 5.01. The summed E-state index contributed by atoms with van der Waals surface area (Å²) < 4.78 is 0. The first-order chi connectivity index (χ1) is 10.9. The van der Waals surface area contributed by atoms with E-state index in [4.69, 9.17) is 0 Å². The van der Waals surface area contributed by atoms with Crippen LogP contribution in [0.5, 0.6) is 0 Å². The summed E-state index contributed by atoms with van der Waals surface area (Å²) in [5.41, 5.74) is 3.28. The first-order valence-corrected chi connectivity index (χ1v) is 7.11.